The third-order valence-corrected chi connectivity index (χ3v) is 2.91. The Balaban J connectivity index is 2.35. The molecule has 0 amide bonds. The van der Waals surface area contributed by atoms with Crippen molar-refractivity contribution in [2.24, 2.45) is 0 Å². The highest BCUT2D eigenvalue weighted by atomic mass is 32.1. The van der Waals surface area contributed by atoms with E-state index in [4.69, 9.17) is 12.2 Å². The largest absolute Gasteiger partial charge is 0.357 e. The lowest BCUT2D eigenvalue weighted by Gasteiger charge is -2.12. The molecule has 0 atom stereocenters. The number of hydrogen-bond donors (Lipinski definition) is 3. The van der Waals surface area contributed by atoms with E-state index in [-0.39, 0.29) is 0 Å². The first-order valence-electron chi connectivity index (χ1n) is 6.54. The van der Waals surface area contributed by atoms with E-state index in [1.54, 1.807) is 0 Å². The quantitative estimate of drug-likeness (QED) is 0.673. The Morgan fingerprint density at radius 3 is 2.44 bits per heavy atom. The predicted octanol–water partition coefficient (Wildman–Crippen LogP) is 1.07. The molecule has 0 heterocycles. The number of benzene rings is 1. The number of hydrogen-bond acceptors (Lipinski definition) is 1. The first-order valence-corrected chi connectivity index (χ1v) is 6.95. The maximum Gasteiger partial charge on any atom is 0.170 e. The fraction of sp³-hybridized carbons (Fsp3) is 0.500. The molecule has 3 N–H and O–H groups in total. The molecule has 18 heavy (non-hydrogen) atoms. The molecule has 100 valence electrons. The van der Waals surface area contributed by atoms with E-state index >= 15 is 0 Å². The minimum absolute atomic E-state index is 0.694. The minimum Gasteiger partial charge on any atom is -0.357 e. The summed E-state index contributed by atoms with van der Waals surface area (Å²) in [5, 5.41) is 7.09. The van der Waals surface area contributed by atoms with Crippen LogP contribution >= 0.6 is 12.2 Å². The molecule has 0 saturated carbocycles. The average Bonchev–Trinajstić information content (AvgIpc) is 2.31. The van der Waals surface area contributed by atoms with Crippen molar-refractivity contribution >= 4 is 23.0 Å². The van der Waals surface area contributed by atoms with Crippen LogP contribution in [0, 0.1) is 0 Å². The number of nitrogens with one attached hydrogen (secondary N) is 3. The van der Waals surface area contributed by atoms with E-state index in [0.717, 1.165) is 25.2 Å². The lowest BCUT2D eigenvalue weighted by atomic mass is 10.1. The molecule has 1 rings (SSSR count). The van der Waals surface area contributed by atoms with Gasteiger partial charge >= 0.3 is 0 Å². The second-order valence-corrected chi connectivity index (χ2v) is 5.19. The van der Waals surface area contributed by atoms with Gasteiger partial charge in [-0.3, -0.25) is 0 Å². The summed E-state index contributed by atoms with van der Waals surface area (Å²) in [4.78, 5) is 1.41. The van der Waals surface area contributed by atoms with Gasteiger partial charge in [-0.15, -0.1) is 0 Å². The zero-order valence-corrected chi connectivity index (χ0v) is 12.4. The zero-order valence-electron chi connectivity index (χ0n) is 11.5. The van der Waals surface area contributed by atoms with Gasteiger partial charge in [-0.2, -0.15) is 0 Å². The molecule has 4 heteroatoms. The second kappa shape index (κ2) is 8.06. The Bertz CT molecular complexity index is 360. The maximum atomic E-state index is 5.24. The number of thiocarbonyl (C=S) groups is 1. The lowest BCUT2D eigenvalue weighted by Crippen LogP contribution is -3.06. The third-order valence-electron chi connectivity index (χ3n) is 2.66. The normalized spacial score (nSPS) is 10.4. The van der Waals surface area contributed by atoms with Gasteiger partial charge in [0.1, 0.15) is 0 Å². The van der Waals surface area contributed by atoms with Gasteiger partial charge in [0.2, 0.25) is 0 Å². The highest BCUT2D eigenvalue weighted by molar-refractivity contribution is 7.80. The standard InChI is InChI=1S/C14H23N3S/c1-4-5-12-6-8-13(9-7-12)16-14(18)15-10-11-17(2)3/h6-9H,4-5,10-11H2,1-3H3,(H2,15,16,18)/p+1. The first kappa shape index (κ1) is 14.9. The first-order chi connectivity index (χ1) is 8.61. The SMILES string of the molecule is CCCc1ccc(NC(=S)NCC[NH+](C)C)cc1. The number of likely N-dealkylation sites (N-methyl/N-ethyl adjacent to an activating group) is 1. The average molecular weight is 266 g/mol. The minimum atomic E-state index is 0.694. The van der Waals surface area contributed by atoms with Crippen LogP contribution in [0.15, 0.2) is 24.3 Å². The summed E-state index contributed by atoms with van der Waals surface area (Å²) in [6.45, 7) is 4.14. The van der Waals surface area contributed by atoms with Crippen molar-refractivity contribution in [3.05, 3.63) is 29.8 Å². The van der Waals surface area contributed by atoms with Crippen molar-refractivity contribution in [2.75, 3.05) is 32.5 Å². The van der Waals surface area contributed by atoms with Crippen LogP contribution in [0.2, 0.25) is 0 Å². The van der Waals surface area contributed by atoms with E-state index in [1.807, 2.05) is 0 Å². The molecule has 0 aliphatic heterocycles. The fourth-order valence-electron chi connectivity index (χ4n) is 1.64. The Labute approximate surface area is 116 Å². The van der Waals surface area contributed by atoms with Gasteiger partial charge in [-0.1, -0.05) is 25.5 Å². The van der Waals surface area contributed by atoms with Crippen molar-refractivity contribution in [3.63, 3.8) is 0 Å². The third kappa shape index (κ3) is 5.98. The summed E-state index contributed by atoms with van der Waals surface area (Å²) >= 11 is 5.24. The number of quaternary nitrogens is 1. The van der Waals surface area contributed by atoms with Gasteiger partial charge < -0.3 is 15.5 Å². The van der Waals surface area contributed by atoms with Crippen molar-refractivity contribution in [2.45, 2.75) is 19.8 Å². The summed E-state index contributed by atoms with van der Waals surface area (Å²) in [5.74, 6) is 0. The Morgan fingerprint density at radius 1 is 1.22 bits per heavy atom. The molecule has 1 aromatic carbocycles. The Hall–Kier alpha value is -1.13. The zero-order chi connectivity index (χ0) is 13.4. The van der Waals surface area contributed by atoms with Crippen molar-refractivity contribution in [1.82, 2.24) is 5.32 Å². The predicted molar refractivity (Wildman–Crippen MR) is 82.3 cm³/mol. The van der Waals surface area contributed by atoms with Crippen LogP contribution in [0.3, 0.4) is 0 Å². The van der Waals surface area contributed by atoms with Gasteiger partial charge in [-0.25, -0.2) is 0 Å². The van der Waals surface area contributed by atoms with Gasteiger partial charge in [0.15, 0.2) is 5.11 Å². The molecule has 0 radical (unpaired) electrons. The smallest absolute Gasteiger partial charge is 0.170 e. The van der Waals surface area contributed by atoms with Gasteiger partial charge in [-0.05, 0) is 36.3 Å². The monoisotopic (exact) mass is 266 g/mol. The van der Waals surface area contributed by atoms with Crippen molar-refractivity contribution < 1.29 is 4.90 Å². The summed E-state index contributed by atoms with van der Waals surface area (Å²) in [7, 11) is 4.26. The number of aryl methyl sites for hydroxylation is 1. The molecule has 0 fully saturated rings. The second-order valence-electron chi connectivity index (χ2n) is 4.78. The summed E-state index contributed by atoms with van der Waals surface area (Å²) in [5.41, 5.74) is 2.42. The van der Waals surface area contributed by atoms with Crippen LogP contribution in [0.1, 0.15) is 18.9 Å². The van der Waals surface area contributed by atoms with Gasteiger partial charge in [0.05, 0.1) is 27.2 Å². The van der Waals surface area contributed by atoms with Crippen molar-refractivity contribution in [1.29, 1.82) is 0 Å². The van der Waals surface area contributed by atoms with E-state index in [0.29, 0.717) is 5.11 Å². The molecule has 0 saturated heterocycles. The molecule has 0 bridgehead atoms. The molecular weight excluding hydrogens is 242 g/mol. The topological polar surface area (TPSA) is 28.5 Å². The fourth-order valence-corrected chi connectivity index (χ4v) is 1.86. The summed E-state index contributed by atoms with van der Waals surface area (Å²) in [6, 6.07) is 8.46. The van der Waals surface area contributed by atoms with Crippen LogP contribution < -0.4 is 15.5 Å². The van der Waals surface area contributed by atoms with Crippen LogP contribution in [0.5, 0.6) is 0 Å². The molecule has 0 aromatic heterocycles. The lowest BCUT2D eigenvalue weighted by molar-refractivity contribution is -0.856. The van der Waals surface area contributed by atoms with Crippen LogP contribution in [0.4, 0.5) is 5.69 Å². The summed E-state index contributed by atoms with van der Waals surface area (Å²) < 4.78 is 0. The van der Waals surface area contributed by atoms with Crippen molar-refractivity contribution in [3.8, 4) is 0 Å². The van der Waals surface area contributed by atoms with Crippen LogP contribution in [0.25, 0.3) is 0 Å². The van der Waals surface area contributed by atoms with E-state index < -0.39 is 0 Å². The highest BCUT2D eigenvalue weighted by Crippen LogP contribution is 2.10. The maximum absolute atomic E-state index is 5.24. The van der Waals surface area contributed by atoms with Gasteiger partial charge in [0.25, 0.3) is 0 Å². The van der Waals surface area contributed by atoms with Crippen LogP contribution in [-0.2, 0) is 6.42 Å². The molecule has 0 aliphatic rings. The molecule has 0 unspecified atom stereocenters. The van der Waals surface area contributed by atoms with Crippen LogP contribution in [-0.4, -0.2) is 32.3 Å². The Morgan fingerprint density at radius 2 is 1.89 bits per heavy atom. The number of anilines is 1. The molecule has 0 aliphatic carbocycles. The Kier molecular flexibility index (Phi) is 6.68. The van der Waals surface area contributed by atoms with E-state index in [1.165, 1.54) is 16.9 Å². The highest BCUT2D eigenvalue weighted by Gasteiger charge is 1.99. The molecular formula is C14H24N3S+. The number of rotatable bonds is 6. The van der Waals surface area contributed by atoms with Gasteiger partial charge in [0, 0.05) is 5.69 Å². The molecule has 0 spiro atoms. The molecule has 1 aromatic rings. The van der Waals surface area contributed by atoms with E-state index in [9.17, 15) is 0 Å². The van der Waals surface area contributed by atoms with E-state index in [2.05, 4.69) is 55.9 Å². The summed E-state index contributed by atoms with van der Waals surface area (Å²) in [6.07, 6.45) is 2.31. The molecule has 3 nitrogen and oxygen atoms in total.